The number of nitrogens with one attached hydrogen (secondary N) is 1. The van der Waals surface area contributed by atoms with E-state index in [1.54, 1.807) is 6.92 Å². The van der Waals surface area contributed by atoms with Crippen LogP contribution in [0.5, 0.6) is 0 Å². The molecule has 0 aliphatic rings. The summed E-state index contributed by atoms with van der Waals surface area (Å²) in [6, 6.07) is 4.74. The zero-order valence-corrected chi connectivity index (χ0v) is 8.89. The predicted octanol–water partition coefficient (Wildman–Crippen LogP) is 1.92. The third-order valence-corrected chi connectivity index (χ3v) is 3.30. The van der Waals surface area contributed by atoms with Gasteiger partial charge in [-0.2, -0.15) is 0 Å². The van der Waals surface area contributed by atoms with E-state index in [1.165, 1.54) is 18.2 Å². The van der Waals surface area contributed by atoms with Gasteiger partial charge in [0.1, 0.15) is 0 Å². The van der Waals surface area contributed by atoms with Gasteiger partial charge in [0.2, 0.25) is 10.0 Å². The molecular formula is C9H11F2NO2S. The van der Waals surface area contributed by atoms with E-state index in [0.717, 1.165) is 6.07 Å². The molecule has 0 aliphatic heterocycles. The molecule has 0 spiro atoms. The van der Waals surface area contributed by atoms with Crippen LogP contribution in [0, 0.1) is 0 Å². The molecule has 6 heteroatoms. The van der Waals surface area contributed by atoms with E-state index in [0.29, 0.717) is 0 Å². The van der Waals surface area contributed by atoms with E-state index in [2.05, 4.69) is 4.72 Å². The van der Waals surface area contributed by atoms with Crippen LogP contribution >= 0.6 is 0 Å². The Hall–Kier alpha value is -1.01. The van der Waals surface area contributed by atoms with Crippen molar-refractivity contribution in [3.05, 3.63) is 29.8 Å². The Morgan fingerprint density at radius 2 is 2.07 bits per heavy atom. The van der Waals surface area contributed by atoms with Crippen LogP contribution in [0.2, 0.25) is 0 Å². The van der Waals surface area contributed by atoms with Crippen LogP contribution in [-0.4, -0.2) is 15.0 Å². The predicted molar refractivity (Wildman–Crippen MR) is 52.3 cm³/mol. The highest BCUT2D eigenvalue weighted by molar-refractivity contribution is 7.89. The van der Waals surface area contributed by atoms with Gasteiger partial charge < -0.3 is 0 Å². The molecule has 0 bridgehead atoms. The fraction of sp³-hybridized carbons (Fsp3) is 0.333. The highest BCUT2D eigenvalue weighted by atomic mass is 32.2. The monoisotopic (exact) mass is 235 g/mol. The van der Waals surface area contributed by atoms with Gasteiger partial charge >= 0.3 is 0 Å². The smallest absolute Gasteiger partial charge is 0.211 e. The second kappa shape index (κ2) is 4.67. The maximum Gasteiger partial charge on any atom is 0.263 e. The lowest BCUT2D eigenvalue weighted by Gasteiger charge is -2.06. The van der Waals surface area contributed by atoms with Crippen molar-refractivity contribution in [2.24, 2.45) is 0 Å². The van der Waals surface area contributed by atoms with Crippen LogP contribution in [0.15, 0.2) is 29.2 Å². The first-order valence-electron chi connectivity index (χ1n) is 4.35. The Balaban J connectivity index is 3.11. The van der Waals surface area contributed by atoms with Gasteiger partial charge in [0, 0.05) is 12.1 Å². The maximum absolute atomic E-state index is 12.3. The summed E-state index contributed by atoms with van der Waals surface area (Å²) >= 11 is 0. The number of rotatable bonds is 4. The van der Waals surface area contributed by atoms with Crippen molar-refractivity contribution in [3.63, 3.8) is 0 Å². The molecule has 0 heterocycles. The van der Waals surface area contributed by atoms with E-state index < -0.39 is 16.4 Å². The largest absolute Gasteiger partial charge is 0.263 e. The van der Waals surface area contributed by atoms with E-state index in [4.69, 9.17) is 0 Å². The third-order valence-electron chi connectivity index (χ3n) is 1.75. The van der Waals surface area contributed by atoms with Gasteiger partial charge in [-0.05, 0) is 12.1 Å². The van der Waals surface area contributed by atoms with Crippen molar-refractivity contribution >= 4 is 10.0 Å². The zero-order chi connectivity index (χ0) is 11.5. The fourth-order valence-electron chi connectivity index (χ4n) is 1.09. The lowest BCUT2D eigenvalue weighted by atomic mass is 10.2. The highest BCUT2D eigenvalue weighted by Crippen LogP contribution is 2.21. The minimum absolute atomic E-state index is 0.137. The molecule has 1 aromatic carbocycles. The molecule has 15 heavy (non-hydrogen) atoms. The maximum atomic E-state index is 12.3. The van der Waals surface area contributed by atoms with Gasteiger partial charge in [-0.3, -0.25) is 0 Å². The molecular weight excluding hydrogens is 224 g/mol. The molecule has 0 unspecified atom stereocenters. The van der Waals surface area contributed by atoms with E-state index in [-0.39, 0.29) is 17.0 Å². The minimum Gasteiger partial charge on any atom is -0.211 e. The van der Waals surface area contributed by atoms with Crippen molar-refractivity contribution in [3.8, 4) is 0 Å². The standard InChI is InChI=1S/C9H11F2NO2S/c1-2-12-15(13,14)8-5-3-4-7(6-8)9(10)11/h3-6,9,12H,2H2,1H3. The average Bonchev–Trinajstić information content (AvgIpc) is 2.18. The van der Waals surface area contributed by atoms with Gasteiger partial charge in [0.05, 0.1) is 4.90 Å². The molecule has 1 N–H and O–H groups in total. The molecule has 0 fully saturated rings. The molecule has 0 amide bonds. The molecule has 0 saturated carbocycles. The number of alkyl halides is 2. The summed E-state index contributed by atoms with van der Waals surface area (Å²) in [7, 11) is -3.65. The molecule has 0 atom stereocenters. The molecule has 0 radical (unpaired) electrons. The number of hydrogen-bond donors (Lipinski definition) is 1. The van der Waals surface area contributed by atoms with Crippen molar-refractivity contribution in [2.45, 2.75) is 18.2 Å². The topological polar surface area (TPSA) is 46.2 Å². The van der Waals surface area contributed by atoms with Crippen LogP contribution in [-0.2, 0) is 10.0 Å². The van der Waals surface area contributed by atoms with Crippen molar-refractivity contribution in [1.29, 1.82) is 0 Å². The first-order chi connectivity index (χ1) is 6.97. The normalized spacial score (nSPS) is 12.0. The number of hydrogen-bond acceptors (Lipinski definition) is 2. The Morgan fingerprint density at radius 3 is 2.60 bits per heavy atom. The first kappa shape index (κ1) is 12.1. The van der Waals surface area contributed by atoms with Crippen molar-refractivity contribution in [1.82, 2.24) is 4.72 Å². The van der Waals surface area contributed by atoms with Gasteiger partial charge in [-0.1, -0.05) is 19.1 Å². The summed E-state index contributed by atoms with van der Waals surface area (Å²) in [5.41, 5.74) is -0.297. The number of halogens is 2. The van der Waals surface area contributed by atoms with Crippen LogP contribution in [0.4, 0.5) is 8.78 Å². The zero-order valence-electron chi connectivity index (χ0n) is 8.07. The summed E-state index contributed by atoms with van der Waals surface area (Å²) in [5, 5.41) is 0. The van der Waals surface area contributed by atoms with Crippen LogP contribution in [0.1, 0.15) is 18.9 Å². The summed E-state index contributed by atoms with van der Waals surface area (Å²) in [6.07, 6.45) is -2.67. The van der Waals surface area contributed by atoms with Crippen LogP contribution in [0.3, 0.4) is 0 Å². The second-order valence-electron chi connectivity index (χ2n) is 2.87. The van der Waals surface area contributed by atoms with Crippen molar-refractivity contribution in [2.75, 3.05) is 6.54 Å². The molecule has 0 aromatic heterocycles. The number of sulfonamides is 1. The quantitative estimate of drug-likeness (QED) is 0.866. The Labute approximate surface area is 87.2 Å². The third kappa shape index (κ3) is 2.97. The SMILES string of the molecule is CCNS(=O)(=O)c1cccc(C(F)F)c1. The Morgan fingerprint density at radius 1 is 1.40 bits per heavy atom. The molecule has 0 aliphatic carbocycles. The average molecular weight is 235 g/mol. The van der Waals surface area contributed by atoms with Gasteiger partial charge in [0.25, 0.3) is 6.43 Å². The second-order valence-corrected chi connectivity index (χ2v) is 4.64. The summed E-state index contributed by atoms with van der Waals surface area (Å²) in [4.78, 5) is -0.137. The molecule has 1 rings (SSSR count). The van der Waals surface area contributed by atoms with E-state index >= 15 is 0 Å². The molecule has 3 nitrogen and oxygen atoms in total. The van der Waals surface area contributed by atoms with Crippen LogP contribution in [0.25, 0.3) is 0 Å². The summed E-state index contributed by atoms with van der Waals surface area (Å²) in [6.45, 7) is 1.84. The summed E-state index contributed by atoms with van der Waals surface area (Å²) in [5.74, 6) is 0. The van der Waals surface area contributed by atoms with Crippen LogP contribution < -0.4 is 4.72 Å². The van der Waals surface area contributed by atoms with E-state index in [9.17, 15) is 17.2 Å². The Bertz CT molecular complexity index is 431. The molecule has 0 saturated heterocycles. The fourth-order valence-corrected chi connectivity index (χ4v) is 2.19. The summed E-state index contributed by atoms with van der Waals surface area (Å²) < 4.78 is 49.7. The lowest BCUT2D eigenvalue weighted by molar-refractivity contribution is 0.151. The molecule has 84 valence electrons. The van der Waals surface area contributed by atoms with E-state index in [1.807, 2.05) is 0 Å². The highest BCUT2D eigenvalue weighted by Gasteiger charge is 2.15. The molecule has 1 aromatic rings. The minimum atomic E-state index is -3.65. The van der Waals surface area contributed by atoms with Gasteiger partial charge in [-0.15, -0.1) is 0 Å². The van der Waals surface area contributed by atoms with Crippen molar-refractivity contribution < 1.29 is 17.2 Å². The first-order valence-corrected chi connectivity index (χ1v) is 5.83. The van der Waals surface area contributed by atoms with Gasteiger partial charge in [0.15, 0.2) is 0 Å². The van der Waals surface area contributed by atoms with Gasteiger partial charge in [-0.25, -0.2) is 21.9 Å². The lowest BCUT2D eigenvalue weighted by Crippen LogP contribution is -2.23. The number of benzene rings is 1. The Kier molecular flexibility index (Phi) is 3.76.